The molecule has 0 aliphatic carbocycles. The topological polar surface area (TPSA) is 15.3 Å². The SMILES string of the molecule is CCC1(CC)CN(C(C)Cc2ccc(C)s2)C(C)CN1. The van der Waals surface area contributed by atoms with Crippen LogP contribution in [0.15, 0.2) is 12.1 Å². The fourth-order valence-corrected chi connectivity index (χ4v) is 4.37. The van der Waals surface area contributed by atoms with Gasteiger partial charge in [-0.15, -0.1) is 11.3 Å². The number of hydrogen-bond donors (Lipinski definition) is 1. The van der Waals surface area contributed by atoms with Crippen molar-refractivity contribution in [2.45, 2.75) is 71.5 Å². The van der Waals surface area contributed by atoms with Gasteiger partial charge in [0.1, 0.15) is 0 Å². The van der Waals surface area contributed by atoms with Crippen molar-refractivity contribution in [1.29, 1.82) is 0 Å². The predicted molar refractivity (Wildman–Crippen MR) is 89.7 cm³/mol. The first kappa shape index (κ1) is 16.0. The van der Waals surface area contributed by atoms with Crippen molar-refractivity contribution in [2.75, 3.05) is 13.1 Å². The van der Waals surface area contributed by atoms with Gasteiger partial charge in [0.25, 0.3) is 0 Å². The van der Waals surface area contributed by atoms with Gasteiger partial charge in [-0.2, -0.15) is 0 Å². The van der Waals surface area contributed by atoms with Gasteiger partial charge in [0.2, 0.25) is 0 Å². The normalized spacial score (nSPS) is 24.8. The lowest BCUT2D eigenvalue weighted by molar-refractivity contribution is 0.0504. The Morgan fingerprint density at radius 1 is 1.40 bits per heavy atom. The molecule has 1 aliphatic heterocycles. The van der Waals surface area contributed by atoms with Crippen molar-refractivity contribution in [3.05, 3.63) is 21.9 Å². The van der Waals surface area contributed by atoms with E-state index in [4.69, 9.17) is 0 Å². The van der Waals surface area contributed by atoms with Crippen molar-refractivity contribution in [3.8, 4) is 0 Å². The summed E-state index contributed by atoms with van der Waals surface area (Å²) >= 11 is 1.95. The van der Waals surface area contributed by atoms with Crippen molar-refractivity contribution >= 4 is 11.3 Å². The Bertz CT molecular complexity index is 422. The Hall–Kier alpha value is -0.380. The van der Waals surface area contributed by atoms with Gasteiger partial charge in [-0.25, -0.2) is 0 Å². The van der Waals surface area contributed by atoms with Crippen LogP contribution in [-0.2, 0) is 6.42 Å². The Balaban J connectivity index is 2.04. The molecule has 1 N–H and O–H groups in total. The summed E-state index contributed by atoms with van der Waals surface area (Å²) in [5.41, 5.74) is 0.326. The summed E-state index contributed by atoms with van der Waals surface area (Å²) in [5, 5.41) is 3.80. The highest BCUT2D eigenvalue weighted by Gasteiger charge is 2.36. The molecule has 0 radical (unpaired) electrons. The highest BCUT2D eigenvalue weighted by atomic mass is 32.1. The van der Waals surface area contributed by atoms with Gasteiger partial charge in [-0.3, -0.25) is 4.90 Å². The number of nitrogens with zero attached hydrogens (tertiary/aromatic N) is 1. The lowest BCUT2D eigenvalue weighted by atomic mass is 9.87. The van der Waals surface area contributed by atoms with Gasteiger partial charge >= 0.3 is 0 Å². The Morgan fingerprint density at radius 3 is 2.65 bits per heavy atom. The lowest BCUT2D eigenvalue weighted by Crippen LogP contribution is -2.65. The van der Waals surface area contributed by atoms with E-state index in [1.54, 1.807) is 0 Å². The van der Waals surface area contributed by atoms with Crippen molar-refractivity contribution in [2.24, 2.45) is 0 Å². The molecule has 2 heterocycles. The molecular formula is C17H30N2S. The minimum atomic E-state index is 0.326. The first-order valence-corrected chi connectivity index (χ1v) is 8.87. The Labute approximate surface area is 128 Å². The fourth-order valence-electron chi connectivity index (χ4n) is 3.36. The molecule has 3 heteroatoms. The number of rotatable bonds is 5. The predicted octanol–water partition coefficient (Wildman–Crippen LogP) is 3.84. The maximum absolute atomic E-state index is 3.80. The molecule has 0 spiro atoms. The third kappa shape index (κ3) is 3.44. The summed E-state index contributed by atoms with van der Waals surface area (Å²) in [7, 11) is 0. The first-order chi connectivity index (χ1) is 9.49. The molecule has 114 valence electrons. The quantitative estimate of drug-likeness (QED) is 0.887. The largest absolute Gasteiger partial charge is 0.308 e. The molecule has 0 saturated carbocycles. The molecule has 1 aromatic rings. The maximum Gasteiger partial charge on any atom is 0.0304 e. The second-order valence-electron chi connectivity index (χ2n) is 6.46. The van der Waals surface area contributed by atoms with Crippen molar-refractivity contribution in [1.82, 2.24) is 10.2 Å². The van der Waals surface area contributed by atoms with E-state index in [9.17, 15) is 0 Å². The van der Waals surface area contributed by atoms with Gasteiger partial charge in [0, 0.05) is 40.5 Å². The first-order valence-electron chi connectivity index (χ1n) is 8.05. The molecule has 1 aliphatic rings. The molecule has 2 nitrogen and oxygen atoms in total. The average Bonchev–Trinajstić information content (AvgIpc) is 2.85. The summed E-state index contributed by atoms with van der Waals surface area (Å²) in [6.07, 6.45) is 3.63. The van der Waals surface area contributed by atoms with E-state index in [2.05, 4.69) is 57.0 Å². The Morgan fingerprint density at radius 2 is 2.10 bits per heavy atom. The summed E-state index contributed by atoms with van der Waals surface area (Å²) in [6.45, 7) is 13.9. The third-order valence-electron chi connectivity index (χ3n) is 5.04. The highest BCUT2D eigenvalue weighted by molar-refractivity contribution is 7.11. The van der Waals surface area contributed by atoms with Gasteiger partial charge < -0.3 is 5.32 Å². The number of piperazine rings is 1. The molecule has 0 aromatic carbocycles. The van der Waals surface area contributed by atoms with Crippen molar-refractivity contribution in [3.63, 3.8) is 0 Å². The zero-order chi connectivity index (χ0) is 14.8. The van der Waals surface area contributed by atoms with Crippen LogP contribution in [0.4, 0.5) is 0 Å². The summed E-state index contributed by atoms with van der Waals surface area (Å²) < 4.78 is 0. The standard InChI is InChI=1S/C17H30N2S/c1-6-17(7-2)12-19(14(4)11-18-17)13(3)10-16-9-8-15(5)20-16/h8-9,13-14,18H,6-7,10-12H2,1-5H3. The van der Waals surface area contributed by atoms with E-state index in [0.717, 1.165) is 6.54 Å². The van der Waals surface area contributed by atoms with Gasteiger partial charge in [0.15, 0.2) is 0 Å². The van der Waals surface area contributed by atoms with E-state index in [1.165, 1.54) is 35.6 Å². The Kier molecular flexibility index (Phi) is 5.27. The van der Waals surface area contributed by atoms with Crippen LogP contribution in [0, 0.1) is 6.92 Å². The second-order valence-corrected chi connectivity index (χ2v) is 7.83. The van der Waals surface area contributed by atoms with E-state index in [0.29, 0.717) is 17.6 Å². The van der Waals surface area contributed by atoms with Crippen LogP contribution >= 0.6 is 11.3 Å². The smallest absolute Gasteiger partial charge is 0.0304 e. The van der Waals surface area contributed by atoms with Crippen LogP contribution in [0.2, 0.25) is 0 Å². The van der Waals surface area contributed by atoms with Gasteiger partial charge in [-0.1, -0.05) is 13.8 Å². The van der Waals surface area contributed by atoms with Gasteiger partial charge in [-0.05, 0) is 52.2 Å². The summed E-state index contributed by atoms with van der Waals surface area (Å²) in [6, 6.07) is 5.81. The second kappa shape index (κ2) is 6.59. The molecule has 1 aromatic heterocycles. The van der Waals surface area contributed by atoms with Crippen LogP contribution in [-0.4, -0.2) is 35.6 Å². The molecule has 2 unspecified atom stereocenters. The molecular weight excluding hydrogens is 264 g/mol. The lowest BCUT2D eigenvalue weighted by Gasteiger charge is -2.49. The van der Waals surface area contributed by atoms with Gasteiger partial charge in [0.05, 0.1) is 0 Å². The number of nitrogens with one attached hydrogen (secondary N) is 1. The van der Waals surface area contributed by atoms with Crippen molar-refractivity contribution < 1.29 is 0 Å². The van der Waals surface area contributed by atoms with Crippen LogP contribution < -0.4 is 5.32 Å². The zero-order valence-corrected chi connectivity index (χ0v) is 14.5. The van der Waals surface area contributed by atoms with E-state index in [-0.39, 0.29) is 0 Å². The molecule has 20 heavy (non-hydrogen) atoms. The molecule has 1 fully saturated rings. The van der Waals surface area contributed by atoms with Crippen LogP contribution in [0.25, 0.3) is 0 Å². The summed E-state index contributed by atoms with van der Waals surface area (Å²) in [4.78, 5) is 5.68. The van der Waals surface area contributed by atoms with Crippen LogP contribution in [0.1, 0.15) is 50.3 Å². The average molecular weight is 295 g/mol. The van der Waals surface area contributed by atoms with Crippen LogP contribution in [0.3, 0.4) is 0 Å². The molecule has 2 atom stereocenters. The minimum Gasteiger partial charge on any atom is -0.308 e. The molecule has 1 saturated heterocycles. The number of hydrogen-bond acceptors (Lipinski definition) is 3. The summed E-state index contributed by atoms with van der Waals surface area (Å²) in [5.74, 6) is 0. The minimum absolute atomic E-state index is 0.326. The zero-order valence-electron chi connectivity index (χ0n) is 13.7. The maximum atomic E-state index is 3.80. The molecule has 2 rings (SSSR count). The highest BCUT2D eigenvalue weighted by Crippen LogP contribution is 2.26. The van der Waals surface area contributed by atoms with E-state index < -0.39 is 0 Å². The van der Waals surface area contributed by atoms with Crippen LogP contribution in [0.5, 0.6) is 0 Å². The van der Waals surface area contributed by atoms with E-state index in [1.807, 2.05) is 11.3 Å². The fraction of sp³-hybridized carbons (Fsp3) is 0.765. The third-order valence-corrected chi connectivity index (χ3v) is 6.06. The number of thiophene rings is 1. The monoisotopic (exact) mass is 294 g/mol. The molecule has 0 amide bonds. The molecule has 0 bridgehead atoms. The number of aryl methyl sites for hydroxylation is 1. The van der Waals surface area contributed by atoms with E-state index >= 15 is 0 Å².